The highest BCUT2D eigenvalue weighted by molar-refractivity contribution is 7.65. The van der Waals surface area contributed by atoms with Crippen molar-refractivity contribution in [1.82, 2.24) is 0 Å². The van der Waals surface area contributed by atoms with Gasteiger partial charge in [0.05, 0.1) is 5.04 Å². The lowest BCUT2D eigenvalue weighted by Crippen LogP contribution is -2.44. The fourth-order valence-electron chi connectivity index (χ4n) is 2.41. The molecule has 0 aliphatic carbocycles. The minimum Gasteiger partial charge on any atom is -0.125 e. The molecule has 22 heavy (non-hydrogen) atoms. The third-order valence-electron chi connectivity index (χ3n) is 3.57. The van der Waals surface area contributed by atoms with Crippen molar-refractivity contribution in [1.29, 1.82) is 0 Å². The molecule has 0 aliphatic rings. The first-order chi connectivity index (χ1) is 10.3. The largest absolute Gasteiger partial charge is 0.355 e. The Kier molecular flexibility index (Phi) is 5.93. The Morgan fingerprint density at radius 2 is 1.55 bits per heavy atom. The van der Waals surface area contributed by atoms with Crippen molar-refractivity contribution in [2.75, 3.05) is 0 Å². The molecule has 0 fully saturated rings. The molecule has 0 bridgehead atoms. The molecule has 116 valence electrons. The van der Waals surface area contributed by atoms with Crippen LogP contribution in [0.5, 0.6) is 0 Å². The van der Waals surface area contributed by atoms with Crippen LogP contribution in [0.25, 0.3) is 0 Å². The van der Waals surface area contributed by atoms with Crippen LogP contribution in [0.1, 0.15) is 11.1 Å². The first kappa shape index (κ1) is 18.2. The van der Waals surface area contributed by atoms with Crippen LogP contribution in [0.2, 0.25) is 10.0 Å². The second kappa shape index (κ2) is 7.17. The molecular weight excluding hydrogens is 398 g/mol. The molecule has 0 heterocycles. The molecule has 0 saturated carbocycles. The summed E-state index contributed by atoms with van der Waals surface area (Å²) in [5.41, 5.74) is 1.83. The van der Waals surface area contributed by atoms with Gasteiger partial charge in [0.25, 0.3) is 0 Å². The van der Waals surface area contributed by atoms with Crippen molar-refractivity contribution in [2.45, 2.75) is 11.5 Å². The minimum atomic E-state index is -3.20. The molecule has 2 rings (SSSR count). The van der Waals surface area contributed by atoms with E-state index in [1.54, 1.807) is 12.1 Å². The van der Waals surface area contributed by atoms with E-state index in [4.69, 9.17) is 56.4 Å². The van der Waals surface area contributed by atoms with E-state index in [2.05, 4.69) is 6.58 Å². The molecule has 0 amide bonds. The van der Waals surface area contributed by atoms with Gasteiger partial charge in [-0.1, -0.05) is 53.5 Å². The molecule has 0 spiro atoms. The van der Waals surface area contributed by atoms with Crippen molar-refractivity contribution < 1.29 is 0 Å². The van der Waals surface area contributed by atoms with Crippen molar-refractivity contribution in [3.63, 3.8) is 0 Å². The van der Waals surface area contributed by atoms with E-state index in [0.29, 0.717) is 16.5 Å². The van der Waals surface area contributed by atoms with Gasteiger partial charge in [-0.15, -0.1) is 39.8 Å². The highest BCUT2D eigenvalue weighted by Gasteiger charge is 2.50. The molecule has 0 nitrogen and oxygen atoms in total. The third kappa shape index (κ3) is 3.84. The highest BCUT2D eigenvalue weighted by atomic mass is 35.8. The fraction of sp³-hybridized carbons (Fsp3) is 0.125. The van der Waals surface area contributed by atoms with Crippen LogP contribution in [0, 0.1) is 0 Å². The van der Waals surface area contributed by atoms with Gasteiger partial charge in [0.15, 0.2) is 0 Å². The third-order valence-corrected chi connectivity index (χ3v) is 8.75. The Morgan fingerprint density at radius 1 is 0.955 bits per heavy atom. The summed E-state index contributed by atoms with van der Waals surface area (Å²) in [5, 5.41) is 0.457. The molecular formula is C16H13Cl5Si. The van der Waals surface area contributed by atoms with Crippen LogP contribution >= 0.6 is 56.4 Å². The van der Waals surface area contributed by atoms with Crippen molar-refractivity contribution in [3.8, 4) is 0 Å². The van der Waals surface area contributed by atoms with Crippen molar-refractivity contribution in [3.05, 3.63) is 82.4 Å². The molecule has 1 atom stereocenters. The van der Waals surface area contributed by atoms with Crippen LogP contribution in [-0.4, -0.2) is 6.00 Å². The van der Waals surface area contributed by atoms with E-state index in [-0.39, 0.29) is 0 Å². The van der Waals surface area contributed by atoms with Crippen LogP contribution in [-0.2, 0) is 11.5 Å². The second-order valence-electron chi connectivity index (χ2n) is 4.99. The summed E-state index contributed by atoms with van der Waals surface area (Å²) in [6.07, 6.45) is 2.22. The average Bonchev–Trinajstić information content (AvgIpc) is 2.43. The van der Waals surface area contributed by atoms with Gasteiger partial charge < -0.3 is 0 Å². The number of hydrogen-bond donors (Lipinski definition) is 0. The van der Waals surface area contributed by atoms with E-state index in [1.807, 2.05) is 42.5 Å². The molecule has 6 heteroatoms. The van der Waals surface area contributed by atoms with E-state index < -0.39 is 11.0 Å². The first-order valence-electron chi connectivity index (χ1n) is 6.49. The predicted molar refractivity (Wildman–Crippen MR) is 102 cm³/mol. The first-order valence-corrected chi connectivity index (χ1v) is 12.3. The summed E-state index contributed by atoms with van der Waals surface area (Å²) in [6, 6.07) is 11.7. The zero-order chi connectivity index (χ0) is 16.4. The zero-order valence-corrected chi connectivity index (χ0v) is 16.3. The lowest BCUT2D eigenvalue weighted by Gasteiger charge is -2.36. The Labute approximate surface area is 155 Å². The maximum absolute atomic E-state index is 6.46. The standard InChI is InChI=1S/C16H13Cl5Si/c1-2-16(22(19,20)21,13-6-4-8-15(18)10-13)11-12-5-3-7-14(17)9-12/h2-10H,1,11H2. The summed E-state index contributed by atoms with van der Waals surface area (Å²) < 4.78 is 0. The molecule has 0 saturated heterocycles. The van der Waals surface area contributed by atoms with Crippen LogP contribution < -0.4 is 0 Å². The monoisotopic (exact) mass is 408 g/mol. The maximum Gasteiger partial charge on any atom is 0.355 e. The molecule has 2 aromatic carbocycles. The van der Waals surface area contributed by atoms with Gasteiger partial charge in [-0.3, -0.25) is 0 Å². The Bertz CT molecular complexity index is 680. The summed E-state index contributed by atoms with van der Waals surface area (Å²) in [5.74, 6) is 0. The highest BCUT2D eigenvalue weighted by Crippen LogP contribution is 2.46. The van der Waals surface area contributed by atoms with Crippen LogP contribution in [0.4, 0.5) is 0 Å². The van der Waals surface area contributed by atoms with Gasteiger partial charge in [-0.2, -0.15) is 0 Å². The number of hydrogen-bond acceptors (Lipinski definition) is 0. The molecule has 0 aromatic heterocycles. The van der Waals surface area contributed by atoms with E-state index >= 15 is 0 Å². The van der Waals surface area contributed by atoms with Gasteiger partial charge >= 0.3 is 6.00 Å². The van der Waals surface area contributed by atoms with Gasteiger partial charge in [-0.25, -0.2) is 0 Å². The number of halogens is 5. The predicted octanol–water partition coefficient (Wildman–Crippen LogP) is 6.85. The number of allylic oxidation sites excluding steroid dienone is 1. The smallest absolute Gasteiger partial charge is 0.125 e. The maximum atomic E-state index is 6.46. The molecule has 0 aliphatic heterocycles. The van der Waals surface area contributed by atoms with Crippen LogP contribution in [0.3, 0.4) is 0 Å². The van der Waals surface area contributed by atoms with Gasteiger partial charge in [0, 0.05) is 10.0 Å². The van der Waals surface area contributed by atoms with Crippen LogP contribution in [0.15, 0.2) is 61.2 Å². The summed E-state index contributed by atoms with van der Waals surface area (Å²) >= 11 is 31.5. The Hall–Kier alpha value is -0.153. The second-order valence-corrected chi connectivity index (χ2v) is 14.6. The van der Waals surface area contributed by atoms with Crippen molar-refractivity contribution in [2.24, 2.45) is 0 Å². The molecule has 0 N–H and O–H groups in total. The van der Waals surface area contributed by atoms with Crippen molar-refractivity contribution >= 4 is 62.4 Å². The summed E-state index contributed by atoms with van der Waals surface area (Å²) in [4.78, 5) is 0. The zero-order valence-electron chi connectivity index (χ0n) is 11.5. The number of rotatable bonds is 5. The quantitative estimate of drug-likeness (QED) is 0.287. The summed E-state index contributed by atoms with van der Waals surface area (Å²) in [6.45, 7) is 3.93. The van der Waals surface area contributed by atoms with E-state index in [0.717, 1.165) is 11.1 Å². The molecule has 0 radical (unpaired) electrons. The average molecular weight is 411 g/mol. The van der Waals surface area contributed by atoms with Gasteiger partial charge in [-0.05, 0) is 41.8 Å². The lowest BCUT2D eigenvalue weighted by molar-refractivity contribution is 0.738. The molecule has 2 aromatic rings. The SMILES string of the molecule is C=CC(Cc1cccc(Cl)c1)(c1cccc(Cl)c1)[Si](Cl)(Cl)Cl. The topological polar surface area (TPSA) is 0 Å². The normalized spacial score (nSPS) is 14.4. The van der Waals surface area contributed by atoms with Gasteiger partial charge in [0.1, 0.15) is 0 Å². The lowest BCUT2D eigenvalue weighted by atomic mass is 9.90. The minimum absolute atomic E-state index is 0.500. The number of benzene rings is 2. The van der Waals surface area contributed by atoms with E-state index in [1.165, 1.54) is 0 Å². The summed E-state index contributed by atoms with van der Waals surface area (Å²) in [7, 11) is 0. The van der Waals surface area contributed by atoms with Gasteiger partial charge in [0.2, 0.25) is 0 Å². The Balaban J connectivity index is 2.58. The van der Waals surface area contributed by atoms with E-state index in [9.17, 15) is 0 Å². The molecule has 1 unspecified atom stereocenters. The Morgan fingerprint density at radius 3 is 2.05 bits per heavy atom. The fourth-order valence-corrected chi connectivity index (χ4v) is 6.21.